The number of amides is 2. The molecule has 2 amide bonds. The number of likely N-dealkylation sites (tertiary alicyclic amines) is 1. The van der Waals surface area contributed by atoms with Gasteiger partial charge in [0.2, 0.25) is 0 Å². The average molecular weight is 349 g/mol. The van der Waals surface area contributed by atoms with Crippen molar-refractivity contribution in [2.75, 3.05) is 18.4 Å². The first kappa shape index (κ1) is 15.8. The van der Waals surface area contributed by atoms with Crippen LogP contribution in [0.3, 0.4) is 0 Å². The number of nitrogens with zero attached hydrogens (tertiary/aromatic N) is 1. The van der Waals surface area contributed by atoms with Crippen molar-refractivity contribution in [2.45, 2.75) is 6.42 Å². The molecular formula is C17H14Cl2N2O2. The van der Waals surface area contributed by atoms with E-state index in [9.17, 15) is 9.59 Å². The fraction of sp³-hybridized carbons (Fsp3) is 0.176. The Bertz CT molecular complexity index is 735. The Morgan fingerprint density at radius 3 is 2.04 bits per heavy atom. The van der Waals surface area contributed by atoms with Crippen LogP contribution >= 0.6 is 23.2 Å². The van der Waals surface area contributed by atoms with Crippen molar-refractivity contribution in [3.05, 3.63) is 63.6 Å². The van der Waals surface area contributed by atoms with E-state index in [0.29, 0.717) is 26.9 Å². The predicted molar refractivity (Wildman–Crippen MR) is 91.4 cm³/mol. The zero-order valence-corrected chi connectivity index (χ0v) is 13.7. The maximum absolute atomic E-state index is 12.2. The Labute approximate surface area is 144 Å². The first-order valence-electron chi connectivity index (χ1n) is 7.20. The van der Waals surface area contributed by atoms with Gasteiger partial charge in [-0.2, -0.15) is 0 Å². The lowest BCUT2D eigenvalue weighted by molar-refractivity contribution is 0.0652. The van der Waals surface area contributed by atoms with Gasteiger partial charge in [-0.1, -0.05) is 23.2 Å². The van der Waals surface area contributed by atoms with Crippen LogP contribution in [0.15, 0.2) is 42.5 Å². The highest BCUT2D eigenvalue weighted by Gasteiger charge is 2.21. The van der Waals surface area contributed by atoms with Gasteiger partial charge in [-0.25, -0.2) is 0 Å². The molecule has 1 saturated heterocycles. The number of hydrogen-bond donors (Lipinski definition) is 1. The lowest BCUT2D eigenvalue weighted by Crippen LogP contribution is -2.41. The van der Waals surface area contributed by atoms with Gasteiger partial charge in [-0.3, -0.25) is 9.59 Å². The van der Waals surface area contributed by atoms with Crippen molar-refractivity contribution in [1.82, 2.24) is 4.90 Å². The molecule has 118 valence electrons. The summed E-state index contributed by atoms with van der Waals surface area (Å²) in [6.45, 7) is 1.62. The third-order valence-corrected chi connectivity index (χ3v) is 4.09. The van der Waals surface area contributed by atoms with E-state index in [1.165, 1.54) is 0 Å². The van der Waals surface area contributed by atoms with Crippen LogP contribution in [0.25, 0.3) is 0 Å². The maximum Gasteiger partial charge on any atom is 0.255 e. The first-order chi connectivity index (χ1) is 11.0. The SMILES string of the molecule is O=C(Nc1ccc(C(=O)N2CCC2)cc1)c1cc(Cl)cc(Cl)c1. The molecule has 1 aliphatic rings. The Hall–Kier alpha value is -2.04. The molecule has 2 aromatic carbocycles. The Kier molecular flexibility index (Phi) is 4.55. The summed E-state index contributed by atoms with van der Waals surface area (Å²) in [4.78, 5) is 26.1. The van der Waals surface area contributed by atoms with E-state index in [0.717, 1.165) is 19.5 Å². The molecule has 0 unspecified atom stereocenters. The summed E-state index contributed by atoms with van der Waals surface area (Å²) < 4.78 is 0. The molecule has 1 fully saturated rings. The van der Waals surface area contributed by atoms with Gasteiger partial charge in [-0.15, -0.1) is 0 Å². The van der Waals surface area contributed by atoms with Crippen molar-refractivity contribution < 1.29 is 9.59 Å². The van der Waals surface area contributed by atoms with Crippen LogP contribution in [-0.2, 0) is 0 Å². The van der Waals surface area contributed by atoms with Crippen LogP contribution in [0.2, 0.25) is 10.0 Å². The highest BCUT2D eigenvalue weighted by molar-refractivity contribution is 6.35. The number of benzene rings is 2. The minimum atomic E-state index is -0.309. The number of hydrogen-bond acceptors (Lipinski definition) is 2. The zero-order chi connectivity index (χ0) is 16.4. The third-order valence-electron chi connectivity index (χ3n) is 3.66. The number of rotatable bonds is 3. The average Bonchev–Trinajstić information content (AvgIpc) is 2.45. The molecule has 0 saturated carbocycles. The van der Waals surface area contributed by atoms with Crippen LogP contribution in [0, 0.1) is 0 Å². The van der Waals surface area contributed by atoms with Gasteiger partial charge in [0.25, 0.3) is 11.8 Å². The fourth-order valence-corrected chi connectivity index (χ4v) is 2.81. The lowest BCUT2D eigenvalue weighted by atomic mass is 10.1. The molecule has 2 aromatic rings. The highest BCUT2D eigenvalue weighted by Crippen LogP contribution is 2.20. The van der Waals surface area contributed by atoms with Gasteiger partial charge in [0.05, 0.1) is 0 Å². The molecule has 1 aliphatic heterocycles. The zero-order valence-electron chi connectivity index (χ0n) is 12.2. The van der Waals surface area contributed by atoms with Crippen molar-refractivity contribution in [3.8, 4) is 0 Å². The second-order valence-corrected chi connectivity index (χ2v) is 6.21. The third kappa shape index (κ3) is 3.66. The molecule has 0 spiro atoms. The number of halogens is 2. The van der Waals surface area contributed by atoms with Crippen LogP contribution in [-0.4, -0.2) is 29.8 Å². The maximum atomic E-state index is 12.2. The highest BCUT2D eigenvalue weighted by atomic mass is 35.5. The topological polar surface area (TPSA) is 49.4 Å². The molecule has 0 aliphatic carbocycles. The molecule has 0 atom stereocenters. The summed E-state index contributed by atoms with van der Waals surface area (Å²) in [7, 11) is 0. The van der Waals surface area contributed by atoms with E-state index >= 15 is 0 Å². The molecule has 4 nitrogen and oxygen atoms in total. The quantitative estimate of drug-likeness (QED) is 0.907. The molecule has 6 heteroatoms. The van der Waals surface area contributed by atoms with Gasteiger partial charge >= 0.3 is 0 Å². The molecule has 0 aromatic heterocycles. The van der Waals surface area contributed by atoms with Crippen molar-refractivity contribution in [1.29, 1.82) is 0 Å². The Balaban J connectivity index is 1.70. The monoisotopic (exact) mass is 348 g/mol. The summed E-state index contributed by atoms with van der Waals surface area (Å²) in [5.41, 5.74) is 1.60. The van der Waals surface area contributed by atoms with Gasteiger partial charge in [0, 0.05) is 39.9 Å². The van der Waals surface area contributed by atoms with Gasteiger partial charge in [-0.05, 0) is 48.9 Å². The van der Waals surface area contributed by atoms with Crippen LogP contribution < -0.4 is 5.32 Å². The number of nitrogens with one attached hydrogen (secondary N) is 1. The summed E-state index contributed by atoms with van der Waals surface area (Å²) in [5, 5.41) is 3.56. The largest absolute Gasteiger partial charge is 0.339 e. The van der Waals surface area contributed by atoms with Gasteiger partial charge in [0.1, 0.15) is 0 Å². The standard InChI is InChI=1S/C17H14Cl2N2O2/c18-13-8-12(9-14(19)10-13)16(22)20-15-4-2-11(3-5-15)17(23)21-6-1-7-21/h2-5,8-10H,1,6-7H2,(H,20,22). The molecule has 1 N–H and O–H groups in total. The first-order valence-corrected chi connectivity index (χ1v) is 7.95. The second-order valence-electron chi connectivity index (χ2n) is 5.34. The second kappa shape index (κ2) is 6.60. The van der Waals surface area contributed by atoms with E-state index in [-0.39, 0.29) is 11.8 Å². The minimum Gasteiger partial charge on any atom is -0.339 e. The number of carbonyl (C=O) groups excluding carboxylic acids is 2. The van der Waals surface area contributed by atoms with Crippen LogP contribution in [0.5, 0.6) is 0 Å². The fourth-order valence-electron chi connectivity index (χ4n) is 2.29. The van der Waals surface area contributed by atoms with Gasteiger partial charge in [0.15, 0.2) is 0 Å². The summed E-state index contributed by atoms with van der Waals surface area (Å²) >= 11 is 11.8. The Morgan fingerprint density at radius 1 is 0.913 bits per heavy atom. The smallest absolute Gasteiger partial charge is 0.255 e. The number of carbonyl (C=O) groups is 2. The van der Waals surface area contributed by atoms with Crippen molar-refractivity contribution in [2.24, 2.45) is 0 Å². The van der Waals surface area contributed by atoms with Gasteiger partial charge < -0.3 is 10.2 Å². The predicted octanol–water partition coefficient (Wildman–Crippen LogP) is 4.09. The van der Waals surface area contributed by atoms with E-state index in [2.05, 4.69) is 5.32 Å². The van der Waals surface area contributed by atoms with Crippen molar-refractivity contribution >= 4 is 40.7 Å². The summed E-state index contributed by atoms with van der Waals surface area (Å²) in [5.74, 6) is -0.285. The number of anilines is 1. The van der Waals surface area contributed by atoms with Crippen LogP contribution in [0.1, 0.15) is 27.1 Å². The molecule has 1 heterocycles. The molecular weight excluding hydrogens is 335 g/mol. The summed E-state index contributed by atoms with van der Waals surface area (Å²) in [6, 6.07) is 11.5. The summed E-state index contributed by atoms with van der Waals surface area (Å²) in [6.07, 6.45) is 1.06. The van der Waals surface area contributed by atoms with Crippen LogP contribution in [0.4, 0.5) is 5.69 Å². The normalized spacial score (nSPS) is 13.4. The van der Waals surface area contributed by atoms with E-state index in [4.69, 9.17) is 23.2 Å². The molecule has 0 bridgehead atoms. The minimum absolute atomic E-state index is 0.0238. The van der Waals surface area contributed by atoms with E-state index in [1.54, 1.807) is 47.4 Å². The molecule has 23 heavy (non-hydrogen) atoms. The van der Waals surface area contributed by atoms with E-state index in [1.807, 2.05) is 0 Å². The van der Waals surface area contributed by atoms with Crippen molar-refractivity contribution in [3.63, 3.8) is 0 Å². The van der Waals surface area contributed by atoms with E-state index < -0.39 is 0 Å². The molecule has 0 radical (unpaired) electrons. The lowest BCUT2D eigenvalue weighted by Gasteiger charge is -2.30. The Morgan fingerprint density at radius 2 is 1.52 bits per heavy atom. The molecule has 3 rings (SSSR count).